The highest BCUT2D eigenvalue weighted by Gasteiger charge is 2.33. The highest BCUT2D eigenvalue weighted by molar-refractivity contribution is 7.13. The van der Waals surface area contributed by atoms with Gasteiger partial charge >= 0.3 is 0 Å². The summed E-state index contributed by atoms with van der Waals surface area (Å²) in [5, 5.41) is 0.888. The number of carbonyl (C=O) groups excluding carboxylic acids is 1. The minimum atomic E-state index is -0.174. The lowest BCUT2D eigenvalue weighted by Gasteiger charge is -2.23. The van der Waals surface area contributed by atoms with Gasteiger partial charge in [-0.05, 0) is 33.6 Å². The third kappa shape index (κ3) is 2.68. The zero-order valence-electron chi connectivity index (χ0n) is 12.8. The summed E-state index contributed by atoms with van der Waals surface area (Å²) in [5.74, 6) is 0.560. The lowest BCUT2D eigenvalue weighted by molar-refractivity contribution is 0.0733. The number of hydrogen-bond donors (Lipinski definition) is 1. The third-order valence-corrected chi connectivity index (χ3v) is 4.88. The minimum absolute atomic E-state index is 0.0187. The molecule has 0 saturated carbocycles. The van der Waals surface area contributed by atoms with E-state index in [2.05, 4.69) is 15.0 Å². The number of amides is 1. The van der Waals surface area contributed by atoms with Crippen molar-refractivity contribution in [2.75, 3.05) is 6.54 Å². The normalized spacial score (nSPS) is 18.0. The molecule has 1 atom stereocenters. The fraction of sp³-hybridized carbons (Fsp3) is 0.467. The molecule has 7 heteroatoms. The Bertz CT molecular complexity index is 780. The number of nitrogens with one attached hydrogen (secondary N) is 1. The maximum Gasteiger partial charge on any atom is 0.266 e. The van der Waals surface area contributed by atoms with Gasteiger partial charge in [-0.2, -0.15) is 0 Å². The predicted molar refractivity (Wildman–Crippen MR) is 84.2 cm³/mol. The van der Waals surface area contributed by atoms with E-state index >= 15 is 0 Å². The summed E-state index contributed by atoms with van der Waals surface area (Å²) in [7, 11) is 0. The van der Waals surface area contributed by atoms with Crippen molar-refractivity contribution in [3.63, 3.8) is 0 Å². The Labute approximate surface area is 132 Å². The van der Waals surface area contributed by atoms with E-state index in [4.69, 9.17) is 0 Å². The molecule has 3 heterocycles. The number of aromatic amines is 1. The van der Waals surface area contributed by atoms with Gasteiger partial charge in [0.1, 0.15) is 10.7 Å². The average Bonchev–Trinajstić information content (AvgIpc) is 3.03. The summed E-state index contributed by atoms with van der Waals surface area (Å²) < 4.78 is 0. The first-order valence-electron chi connectivity index (χ1n) is 7.28. The van der Waals surface area contributed by atoms with Crippen molar-refractivity contribution in [1.82, 2.24) is 19.9 Å². The van der Waals surface area contributed by atoms with E-state index in [9.17, 15) is 9.59 Å². The summed E-state index contributed by atoms with van der Waals surface area (Å²) in [6.45, 7) is 6.22. The molecule has 22 heavy (non-hydrogen) atoms. The first kappa shape index (κ1) is 14.9. The van der Waals surface area contributed by atoms with Crippen molar-refractivity contribution >= 4 is 17.2 Å². The second-order valence-corrected chi connectivity index (χ2v) is 6.78. The first-order valence-corrected chi connectivity index (χ1v) is 8.10. The molecule has 1 fully saturated rings. The largest absolute Gasteiger partial charge is 0.328 e. The van der Waals surface area contributed by atoms with Gasteiger partial charge in [0.15, 0.2) is 0 Å². The Balaban J connectivity index is 1.94. The van der Waals surface area contributed by atoms with Crippen LogP contribution in [-0.4, -0.2) is 32.3 Å². The highest BCUT2D eigenvalue weighted by Crippen LogP contribution is 2.32. The number of carbonyl (C=O) groups is 1. The third-order valence-electron chi connectivity index (χ3n) is 3.82. The number of thiazole rings is 1. The van der Waals surface area contributed by atoms with Gasteiger partial charge in [0.05, 0.1) is 16.7 Å². The van der Waals surface area contributed by atoms with Crippen LogP contribution >= 0.6 is 11.3 Å². The second-order valence-electron chi connectivity index (χ2n) is 5.58. The molecule has 0 spiro atoms. The average molecular weight is 318 g/mol. The zero-order chi connectivity index (χ0) is 15.9. The Morgan fingerprint density at radius 3 is 2.77 bits per heavy atom. The van der Waals surface area contributed by atoms with E-state index < -0.39 is 0 Å². The van der Waals surface area contributed by atoms with Gasteiger partial charge in [-0.15, -0.1) is 11.3 Å². The van der Waals surface area contributed by atoms with Gasteiger partial charge in [0, 0.05) is 18.3 Å². The first-order chi connectivity index (χ1) is 10.5. The van der Waals surface area contributed by atoms with Gasteiger partial charge < -0.3 is 9.88 Å². The number of H-pyrrole nitrogens is 1. The molecule has 3 rings (SSSR count). The summed E-state index contributed by atoms with van der Waals surface area (Å²) in [6.07, 6.45) is 1.72. The maximum atomic E-state index is 12.8. The number of aryl methyl sites for hydroxylation is 3. The smallest absolute Gasteiger partial charge is 0.266 e. The van der Waals surface area contributed by atoms with Gasteiger partial charge in [-0.25, -0.2) is 9.97 Å². The van der Waals surface area contributed by atoms with E-state index in [0.29, 0.717) is 22.9 Å². The predicted octanol–water partition coefficient (Wildman–Crippen LogP) is 2.13. The molecular formula is C15H18N4O2S. The lowest BCUT2D eigenvalue weighted by atomic mass is 10.2. The fourth-order valence-electron chi connectivity index (χ4n) is 2.91. The molecule has 6 nitrogen and oxygen atoms in total. The minimum Gasteiger partial charge on any atom is -0.328 e. The summed E-state index contributed by atoms with van der Waals surface area (Å²) >= 11 is 1.42. The molecule has 2 aromatic rings. The molecule has 0 bridgehead atoms. The molecule has 1 unspecified atom stereocenters. The van der Waals surface area contributed by atoms with Crippen molar-refractivity contribution in [2.45, 2.75) is 39.7 Å². The van der Waals surface area contributed by atoms with E-state index in [1.807, 2.05) is 13.8 Å². The monoisotopic (exact) mass is 318 g/mol. The number of rotatable bonds is 2. The van der Waals surface area contributed by atoms with E-state index in [0.717, 1.165) is 23.5 Å². The van der Waals surface area contributed by atoms with E-state index in [-0.39, 0.29) is 17.5 Å². The maximum absolute atomic E-state index is 12.8. The van der Waals surface area contributed by atoms with Gasteiger partial charge in [-0.1, -0.05) is 0 Å². The molecule has 1 amide bonds. The molecular weight excluding hydrogens is 300 g/mol. The Kier molecular flexibility index (Phi) is 3.82. The van der Waals surface area contributed by atoms with Crippen LogP contribution in [0.5, 0.6) is 0 Å². The number of aromatic nitrogens is 3. The number of nitrogens with zero attached hydrogens (tertiary/aromatic N) is 3. The van der Waals surface area contributed by atoms with Crippen LogP contribution in [0.25, 0.3) is 0 Å². The topological polar surface area (TPSA) is 79.0 Å². The molecule has 116 valence electrons. The van der Waals surface area contributed by atoms with Crippen LogP contribution in [0.2, 0.25) is 0 Å². The number of likely N-dealkylation sites (tertiary alicyclic amines) is 1. The fourth-order valence-corrected chi connectivity index (χ4v) is 3.79. The molecule has 1 N–H and O–H groups in total. The van der Waals surface area contributed by atoms with Crippen LogP contribution < -0.4 is 5.56 Å². The van der Waals surface area contributed by atoms with Crippen LogP contribution in [0.3, 0.4) is 0 Å². The quantitative estimate of drug-likeness (QED) is 0.920. The van der Waals surface area contributed by atoms with Crippen LogP contribution in [0.15, 0.2) is 10.9 Å². The van der Waals surface area contributed by atoms with Gasteiger partial charge in [0.25, 0.3) is 11.5 Å². The zero-order valence-corrected chi connectivity index (χ0v) is 13.7. The molecule has 1 aliphatic rings. The van der Waals surface area contributed by atoms with Crippen molar-refractivity contribution in [2.24, 2.45) is 0 Å². The standard InChI is InChI=1S/C15H18N4O2S/c1-8-7-12(20)18-14(16-8)11-5-4-6-19(11)15(21)13-9(2)17-10(3)22-13/h7,11H,4-6H2,1-3H3,(H,16,18,20). The Morgan fingerprint density at radius 2 is 2.14 bits per heavy atom. The van der Waals surface area contributed by atoms with E-state index in [1.54, 1.807) is 11.8 Å². The van der Waals surface area contributed by atoms with E-state index in [1.165, 1.54) is 17.4 Å². The van der Waals surface area contributed by atoms with Crippen LogP contribution in [-0.2, 0) is 0 Å². The van der Waals surface area contributed by atoms with Gasteiger partial charge in [0.2, 0.25) is 0 Å². The van der Waals surface area contributed by atoms with Crippen molar-refractivity contribution in [3.05, 3.63) is 43.5 Å². The SMILES string of the molecule is Cc1cc(=O)[nH]c(C2CCCN2C(=O)c2sc(C)nc2C)n1. The Morgan fingerprint density at radius 1 is 1.36 bits per heavy atom. The van der Waals surface area contributed by atoms with Crippen molar-refractivity contribution < 1.29 is 4.79 Å². The second kappa shape index (κ2) is 5.64. The van der Waals surface area contributed by atoms with Crippen molar-refractivity contribution in [3.8, 4) is 0 Å². The summed E-state index contributed by atoms with van der Waals surface area (Å²) in [5.41, 5.74) is 1.26. The van der Waals surface area contributed by atoms with Crippen LogP contribution in [0, 0.1) is 20.8 Å². The number of hydrogen-bond acceptors (Lipinski definition) is 5. The summed E-state index contributed by atoms with van der Waals surface area (Å²) in [6, 6.07) is 1.29. The highest BCUT2D eigenvalue weighted by atomic mass is 32.1. The molecule has 1 saturated heterocycles. The summed E-state index contributed by atoms with van der Waals surface area (Å²) in [4.78, 5) is 38.5. The molecule has 0 aliphatic carbocycles. The van der Waals surface area contributed by atoms with Gasteiger partial charge in [-0.3, -0.25) is 9.59 Å². The molecule has 0 radical (unpaired) electrons. The van der Waals surface area contributed by atoms with Crippen LogP contribution in [0.4, 0.5) is 0 Å². The lowest BCUT2D eigenvalue weighted by Crippen LogP contribution is -2.32. The molecule has 0 aromatic carbocycles. The Hall–Kier alpha value is -2.02. The van der Waals surface area contributed by atoms with Crippen molar-refractivity contribution in [1.29, 1.82) is 0 Å². The molecule has 2 aromatic heterocycles. The molecule has 1 aliphatic heterocycles. The van der Waals surface area contributed by atoms with Crippen LogP contribution in [0.1, 0.15) is 50.8 Å².